The third kappa shape index (κ3) is 2.58. The first kappa shape index (κ1) is 16.3. The third-order valence-corrected chi connectivity index (χ3v) is 6.25. The Hall–Kier alpha value is -2.14. The maximum Gasteiger partial charge on any atom is 0.254 e. The fourth-order valence-corrected chi connectivity index (χ4v) is 4.62. The number of benzene rings is 1. The molecule has 3 N–H and O–H groups in total. The van der Waals surface area contributed by atoms with Crippen LogP contribution in [0.5, 0.6) is 0 Å². The molecule has 1 aromatic carbocycles. The van der Waals surface area contributed by atoms with Crippen molar-refractivity contribution in [3.8, 4) is 0 Å². The fourth-order valence-electron chi connectivity index (χ4n) is 4.62. The van der Waals surface area contributed by atoms with Crippen molar-refractivity contribution in [2.45, 2.75) is 45.1 Å². The number of nitrogens with one attached hydrogen (secondary N) is 2. The highest BCUT2D eigenvalue weighted by molar-refractivity contribution is 6.15. The molecule has 1 amide bonds. The van der Waals surface area contributed by atoms with Crippen LogP contribution in [0.2, 0.25) is 0 Å². The Morgan fingerprint density at radius 2 is 2.04 bits per heavy atom. The van der Waals surface area contributed by atoms with Gasteiger partial charge in [-0.25, -0.2) is 0 Å². The second-order valence-electron chi connectivity index (χ2n) is 7.65. The van der Waals surface area contributed by atoms with Crippen LogP contribution in [0.4, 0.5) is 0 Å². The van der Waals surface area contributed by atoms with E-state index in [1.165, 1.54) is 13.3 Å². The van der Waals surface area contributed by atoms with E-state index in [9.17, 15) is 14.7 Å². The Bertz CT molecular complexity index is 835. The number of H-pyrrole nitrogens is 1. The fraction of sp³-hybridized carbons (Fsp3) is 0.500. The van der Waals surface area contributed by atoms with E-state index in [1.54, 1.807) is 0 Å². The van der Waals surface area contributed by atoms with E-state index in [0.717, 1.165) is 36.6 Å². The number of amides is 1. The summed E-state index contributed by atoms with van der Waals surface area (Å²) in [6.45, 7) is 1.92. The predicted molar refractivity (Wildman–Crippen MR) is 95.7 cm³/mol. The van der Waals surface area contributed by atoms with Gasteiger partial charge in [0.05, 0.1) is 17.4 Å². The van der Waals surface area contributed by atoms with Crippen LogP contribution >= 0.6 is 0 Å². The van der Waals surface area contributed by atoms with Gasteiger partial charge in [-0.1, -0.05) is 24.6 Å². The number of aromatic nitrogens is 1. The number of fused-ring (bicyclic) bond motifs is 1. The number of aromatic amines is 1. The number of aliphatic hydroxyl groups is 1. The molecule has 2 aliphatic rings. The summed E-state index contributed by atoms with van der Waals surface area (Å²) in [5, 5.41) is 14.3. The highest BCUT2D eigenvalue weighted by Crippen LogP contribution is 2.55. The normalized spacial score (nSPS) is 24.4. The lowest BCUT2D eigenvalue weighted by Crippen LogP contribution is -2.42. The molecule has 0 saturated heterocycles. The molecule has 25 heavy (non-hydrogen) atoms. The topological polar surface area (TPSA) is 82.2 Å². The predicted octanol–water partition coefficient (Wildman–Crippen LogP) is 3.04. The largest absolute Gasteiger partial charge is 0.392 e. The Morgan fingerprint density at radius 1 is 1.28 bits per heavy atom. The van der Waals surface area contributed by atoms with Gasteiger partial charge < -0.3 is 15.4 Å². The minimum absolute atomic E-state index is 0.107. The zero-order chi connectivity index (χ0) is 17.6. The highest BCUT2D eigenvalue weighted by Gasteiger charge is 2.50. The number of carbonyl (C=O) groups excluding carboxylic acids is 2. The van der Waals surface area contributed by atoms with Gasteiger partial charge in [0.15, 0.2) is 5.78 Å². The van der Waals surface area contributed by atoms with Gasteiger partial charge in [-0.15, -0.1) is 0 Å². The standard InChI is InChI=1S/C20H24N2O3/c1-12(23)17-16(14-5-2-3-6-15(14)22-17)19(25)21-11-13-7-10-20(18(13)24)8-4-9-20/h2-3,5-6,13,18,22,24H,4,7-11H2,1H3,(H,21,25). The van der Waals surface area contributed by atoms with E-state index < -0.39 is 0 Å². The SMILES string of the molecule is CC(=O)c1[nH]c2ccccc2c1C(=O)NCC1CCC2(CCC2)C1O. The smallest absolute Gasteiger partial charge is 0.254 e. The summed E-state index contributed by atoms with van der Waals surface area (Å²) in [5.74, 6) is -0.296. The molecule has 1 heterocycles. The van der Waals surface area contributed by atoms with Crippen molar-refractivity contribution in [2.75, 3.05) is 6.54 Å². The van der Waals surface area contributed by atoms with Crippen LogP contribution in [0.25, 0.3) is 10.9 Å². The second-order valence-corrected chi connectivity index (χ2v) is 7.65. The van der Waals surface area contributed by atoms with Crippen LogP contribution in [0.1, 0.15) is 59.9 Å². The Morgan fingerprint density at radius 3 is 2.68 bits per heavy atom. The van der Waals surface area contributed by atoms with Crippen LogP contribution in [0.15, 0.2) is 24.3 Å². The van der Waals surface area contributed by atoms with Gasteiger partial charge in [-0.05, 0) is 37.2 Å². The van der Waals surface area contributed by atoms with Crippen LogP contribution in [-0.4, -0.2) is 34.4 Å². The van der Waals surface area contributed by atoms with Crippen molar-refractivity contribution >= 4 is 22.6 Å². The molecule has 2 aliphatic carbocycles. The highest BCUT2D eigenvalue weighted by atomic mass is 16.3. The number of hydrogen-bond acceptors (Lipinski definition) is 3. The van der Waals surface area contributed by atoms with Crippen molar-refractivity contribution in [1.82, 2.24) is 10.3 Å². The summed E-state index contributed by atoms with van der Waals surface area (Å²) in [6.07, 6.45) is 5.10. The molecule has 132 valence electrons. The molecule has 0 aliphatic heterocycles. The first-order valence-corrected chi connectivity index (χ1v) is 9.10. The molecular formula is C20H24N2O3. The molecule has 0 bridgehead atoms. The minimum atomic E-state index is -0.322. The number of aliphatic hydroxyl groups excluding tert-OH is 1. The van der Waals surface area contributed by atoms with E-state index in [-0.39, 0.29) is 29.1 Å². The molecule has 2 saturated carbocycles. The molecule has 2 atom stereocenters. The van der Waals surface area contributed by atoms with Crippen molar-refractivity contribution in [3.05, 3.63) is 35.5 Å². The molecule has 1 spiro atoms. The van der Waals surface area contributed by atoms with Crippen LogP contribution in [0, 0.1) is 11.3 Å². The maximum absolute atomic E-state index is 12.8. The van der Waals surface area contributed by atoms with Gasteiger partial charge in [-0.2, -0.15) is 0 Å². The Kier molecular flexibility index (Phi) is 3.91. The number of ketones is 1. The second kappa shape index (κ2) is 5.99. The lowest BCUT2D eigenvalue weighted by Gasteiger charge is -2.42. The first-order valence-electron chi connectivity index (χ1n) is 9.10. The maximum atomic E-state index is 12.8. The summed E-state index contributed by atoms with van der Waals surface area (Å²) < 4.78 is 0. The molecule has 1 aromatic heterocycles. The van der Waals surface area contributed by atoms with Crippen LogP contribution in [-0.2, 0) is 0 Å². The molecule has 0 radical (unpaired) electrons. The number of carbonyl (C=O) groups is 2. The zero-order valence-electron chi connectivity index (χ0n) is 14.5. The quantitative estimate of drug-likeness (QED) is 0.748. The molecule has 2 aromatic rings. The summed E-state index contributed by atoms with van der Waals surface area (Å²) in [5.41, 5.74) is 1.66. The van der Waals surface area contributed by atoms with Gasteiger partial charge in [0.1, 0.15) is 0 Å². The lowest BCUT2D eigenvalue weighted by atomic mass is 9.65. The third-order valence-electron chi connectivity index (χ3n) is 6.25. The summed E-state index contributed by atoms with van der Waals surface area (Å²) in [6, 6.07) is 7.44. The monoisotopic (exact) mass is 340 g/mol. The average molecular weight is 340 g/mol. The van der Waals surface area contributed by atoms with Gasteiger partial charge in [0, 0.05) is 30.3 Å². The number of rotatable bonds is 4. The van der Waals surface area contributed by atoms with Crippen LogP contribution in [0.3, 0.4) is 0 Å². The van der Waals surface area contributed by atoms with Crippen molar-refractivity contribution in [2.24, 2.45) is 11.3 Å². The molecule has 2 unspecified atom stereocenters. The molecule has 2 fully saturated rings. The lowest BCUT2D eigenvalue weighted by molar-refractivity contribution is -0.0278. The summed E-state index contributed by atoms with van der Waals surface area (Å²) in [7, 11) is 0. The summed E-state index contributed by atoms with van der Waals surface area (Å²) in [4.78, 5) is 27.8. The molecule has 5 nitrogen and oxygen atoms in total. The van der Waals surface area contributed by atoms with Gasteiger partial charge in [0.25, 0.3) is 5.91 Å². The van der Waals surface area contributed by atoms with E-state index in [2.05, 4.69) is 10.3 Å². The molecule has 5 heteroatoms. The minimum Gasteiger partial charge on any atom is -0.392 e. The Balaban J connectivity index is 1.53. The van der Waals surface area contributed by atoms with Crippen LogP contribution < -0.4 is 5.32 Å². The summed E-state index contributed by atoms with van der Waals surface area (Å²) >= 11 is 0. The van der Waals surface area contributed by atoms with Crippen molar-refractivity contribution < 1.29 is 14.7 Å². The number of para-hydroxylation sites is 1. The average Bonchev–Trinajstić information content (AvgIpc) is 3.10. The van der Waals surface area contributed by atoms with Crippen molar-refractivity contribution in [3.63, 3.8) is 0 Å². The van der Waals surface area contributed by atoms with E-state index >= 15 is 0 Å². The van der Waals surface area contributed by atoms with Gasteiger partial charge >= 0.3 is 0 Å². The van der Waals surface area contributed by atoms with E-state index in [1.807, 2.05) is 24.3 Å². The Labute approximate surface area is 146 Å². The van der Waals surface area contributed by atoms with Crippen molar-refractivity contribution in [1.29, 1.82) is 0 Å². The van der Waals surface area contributed by atoms with Gasteiger partial charge in [-0.3, -0.25) is 9.59 Å². The molecular weight excluding hydrogens is 316 g/mol. The van der Waals surface area contributed by atoms with Gasteiger partial charge in [0.2, 0.25) is 0 Å². The zero-order valence-corrected chi connectivity index (χ0v) is 14.5. The first-order chi connectivity index (χ1) is 12.0. The number of hydrogen-bond donors (Lipinski definition) is 3. The number of Topliss-reactive ketones (excluding diaryl/α,β-unsaturated/α-hetero) is 1. The van der Waals surface area contributed by atoms with E-state index in [4.69, 9.17) is 0 Å². The van der Waals surface area contributed by atoms with E-state index in [0.29, 0.717) is 17.8 Å². The molecule has 4 rings (SSSR count).